The number of aromatic nitrogens is 3. The average molecular weight is 350 g/mol. The van der Waals surface area contributed by atoms with Crippen molar-refractivity contribution in [2.75, 3.05) is 19.7 Å². The van der Waals surface area contributed by atoms with E-state index in [1.54, 1.807) is 24.1 Å². The van der Waals surface area contributed by atoms with Crippen LogP contribution in [0.1, 0.15) is 28.0 Å². The van der Waals surface area contributed by atoms with E-state index >= 15 is 0 Å². The number of carbonyl (C=O) groups excluding carboxylic acids is 1. The van der Waals surface area contributed by atoms with Crippen LogP contribution in [-0.4, -0.2) is 45.5 Å². The van der Waals surface area contributed by atoms with E-state index in [1.165, 1.54) is 6.07 Å². The third-order valence-corrected chi connectivity index (χ3v) is 4.40. The summed E-state index contributed by atoms with van der Waals surface area (Å²) in [6.07, 6.45) is 1.29. The van der Waals surface area contributed by atoms with Gasteiger partial charge in [0.05, 0.1) is 18.7 Å². The fraction of sp³-hybridized carbons (Fsp3) is 0.263. The van der Waals surface area contributed by atoms with Crippen molar-refractivity contribution in [1.82, 2.24) is 19.9 Å². The molecule has 1 aliphatic heterocycles. The van der Waals surface area contributed by atoms with E-state index in [0.717, 1.165) is 10.9 Å². The number of hydrogen-bond acceptors (Lipinski definition) is 5. The van der Waals surface area contributed by atoms with Gasteiger partial charge in [0, 0.05) is 35.5 Å². The molecule has 0 aliphatic carbocycles. The molecule has 1 saturated heterocycles. The number of nitrogens with one attached hydrogen (secondary N) is 1. The number of pyridine rings is 1. The lowest BCUT2D eigenvalue weighted by Crippen LogP contribution is -2.43. The molecule has 7 heteroatoms. The standard InChI is InChI=1S/C19H18N4O3/c1-12-9-17(24)22-18(21-12)16-11-23(7-8-26-16)19(25)14-4-5-15-13(10-14)3-2-6-20-15/h2-6,9-10,16H,7-8,11H2,1H3,(H,21,22,24). The van der Waals surface area contributed by atoms with Gasteiger partial charge in [0.1, 0.15) is 11.9 Å². The quantitative estimate of drug-likeness (QED) is 0.762. The van der Waals surface area contributed by atoms with Gasteiger partial charge in [-0.3, -0.25) is 14.6 Å². The zero-order valence-corrected chi connectivity index (χ0v) is 14.3. The Balaban J connectivity index is 1.58. The maximum atomic E-state index is 12.9. The Bertz CT molecular complexity index is 1030. The second kappa shape index (κ2) is 6.68. The molecule has 1 unspecified atom stereocenters. The SMILES string of the molecule is Cc1cc(=O)[nH]c(C2CN(C(=O)c3ccc4ncccc4c3)CCO2)n1. The molecule has 2 aromatic heterocycles. The Labute approximate surface area is 149 Å². The highest BCUT2D eigenvalue weighted by Crippen LogP contribution is 2.21. The van der Waals surface area contributed by atoms with Crippen LogP contribution in [-0.2, 0) is 4.74 Å². The van der Waals surface area contributed by atoms with Crippen molar-refractivity contribution in [2.24, 2.45) is 0 Å². The number of nitrogens with zero attached hydrogens (tertiary/aromatic N) is 3. The molecule has 3 heterocycles. The van der Waals surface area contributed by atoms with Crippen LogP contribution in [0.15, 0.2) is 47.4 Å². The Hall–Kier alpha value is -3.06. The number of ether oxygens (including phenoxy) is 1. The third-order valence-electron chi connectivity index (χ3n) is 4.40. The Morgan fingerprint density at radius 2 is 2.19 bits per heavy atom. The lowest BCUT2D eigenvalue weighted by Gasteiger charge is -2.32. The molecular weight excluding hydrogens is 332 g/mol. The highest BCUT2D eigenvalue weighted by Gasteiger charge is 2.27. The number of benzene rings is 1. The van der Waals surface area contributed by atoms with Crippen LogP contribution in [0, 0.1) is 6.92 Å². The van der Waals surface area contributed by atoms with Crippen molar-refractivity contribution in [3.63, 3.8) is 0 Å². The number of hydrogen-bond donors (Lipinski definition) is 1. The lowest BCUT2D eigenvalue weighted by atomic mass is 10.1. The molecule has 0 spiro atoms. The van der Waals surface area contributed by atoms with E-state index in [4.69, 9.17) is 4.74 Å². The van der Waals surface area contributed by atoms with Gasteiger partial charge in [-0.1, -0.05) is 6.07 Å². The zero-order chi connectivity index (χ0) is 18.1. The summed E-state index contributed by atoms with van der Waals surface area (Å²) in [5.74, 6) is 0.384. The first-order chi connectivity index (χ1) is 12.6. The average Bonchev–Trinajstić information content (AvgIpc) is 2.66. The first-order valence-corrected chi connectivity index (χ1v) is 8.44. The lowest BCUT2D eigenvalue weighted by molar-refractivity contribution is -0.0269. The van der Waals surface area contributed by atoms with Crippen LogP contribution in [0.3, 0.4) is 0 Å². The highest BCUT2D eigenvalue weighted by atomic mass is 16.5. The minimum Gasteiger partial charge on any atom is -0.367 e. The number of aromatic amines is 1. The van der Waals surface area contributed by atoms with Gasteiger partial charge >= 0.3 is 0 Å². The van der Waals surface area contributed by atoms with Crippen molar-refractivity contribution in [1.29, 1.82) is 0 Å². The first kappa shape index (κ1) is 16.4. The van der Waals surface area contributed by atoms with Gasteiger partial charge in [0.2, 0.25) is 0 Å². The molecule has 1 atom stereocenters. The zero-order valence-electron chi connectivity index (χ0n) is 14.3. The summed E-state index contributed by atoms with van der Waals surface area (Å²) in [5, 5.41) is 0.924. The van der Waals surface area contributed by atoms with Crippen LogP contribution in [0.5, 0.6) is 0 Å². The summed E-state index contributed by atoms with van der Waals surface area (Å²) in [7, 11) is 0. The van der Waals surface area contributed by atoms with Gasteiger partial charge < -0.3 is 14.6 Å². The van der Waals surface area contributed by atoms with Crippen molar-refractivity contribution in [3.8, 4) is 0 Å². The molecule has 0 radical (unpaired) electrons. The number of amides is 1. The molecule has 1 N–H and O–H groups in total. The molecule has 1 fully saturated rings. The van der Waals surface area contributed by atoms with Crippen LogP contribution in [0.2, 0.25) is 0 Å². The number of aryl methyl sites for hydroxylation is 1. The smallest absolute Gasteiger partial charge is 0.254 e. The predicted octanol–water partition coefficient (Wildman–Crippen LogP) is 1.84. The molecular formula is C19H18N4O3. The fourth-order valence-corrected chi connectivity index (χ4v) is 3.15. The van der Waals surface area contributed by atoms with Crippen molar-refractivity contribution in [3.05, 3.63) is 70.0 Å². The van der Waals surface area contributed by atoms with Crippen LogP contribution >= 0.6 is 0 Å². The van der Waals surface area contributed by atoms with Crippen molar-refractivity contribution in [2.45, 2.75) is 13.0 Å². The molecule has 132 valence electrons. The van der Waals surface area contributed by atoms with Gasteiger partial charge in [0.15, 0.2) is 0 Å². The second-order valence-electron chi connectivity index (χ2n) is 6.29. The largest absolute Gasteiger partial charge is 0.367 e. The maximum Gasteiger partial charge on any atom is 0.254 e. The third kappa shape index (κ3) is 3.21. The Morgan fingerprint density at radius 3 is 3.04 bits per heavy atom. The Morgan fingerprint density at radius 1 is 1.31 bits per heavy atom. The summed E-state index contributed by atoms with van der Waals surface area (Å²) in [6, 6.07) is 10.7. The van der Waals surface area contributed by atoms with E-state index in [-0.39, 0.29) is 11.5 Å². The molecule has 0 bridgehead atoms. The fourth-order valence-electron chi connectivity index (χ4n) is 3.15. The maximum absolute atomic E-state index is 12.9. The molecule has 7 nitrogen and oxygen atoms in total. The number of rotatable bonds is 2. The van der Waals surface area contributed by atoms with E-state index in [2.05, 4.69) is 15.0 Å². The molecule has 4 rings (SSSR count). The monoisotopic (exact) mass is 350 g/mol. The summed E-state index contributed by atoms with van der Waals surface area (Å²) >= 11 is 0. The van der Waals surface area contributed by atoms with Crippen molar-refractivity contribution >= 4 is 16.8 Å². The van der Waals surface area contributed by atoms with E-state index in [9.17, 15) is 9.59 Å². The number of morpholine rings is 1. The molecule has 0 saturated carbocycles. The van der Waals surface area contributed by atoms with Gasteiger partial charge in [0.25, 0.3) is 11.5 Å². The molecule has 26 heavy (non-hydrogen) atoms. The topological polar surface area (TPSA) is 88.2 Å². The van der Waals surface area contributed by atoms with Gasteiger partial charge in [-0.25, -0.2) is 4.98 Å². The molecule has 1 amide bonds. The normalized spacial score (nSPS) is 17.4. The van der Waals surface area contributed by atoms with Crippen LogP contribution in [0.25, 0.3) is 10.9 Å². The summed E-state index contributed by atoms with van der Waals surface area (Å²) < 4.78 is 5.72. The number of H-pyrrole nitrogens is 1. The summed E-state index contributed by atoms with van der Waals surface area (Å²) in [6.45, 7) is 2.99. The van der Waals surface area contributed by atoms with Crippen LogP contribution in [0.4, 0.5) is 0 Å². The molecule has 3 aromatic rings. The van der Waals surface area contributed by atoms with E-state index in [0.29, 0.717) is 36.8 Å². The van der Waals surface area contributed by atoms with Crippen molar-refractivity contribution < 1.29 is 9.53 Å². The van der Waals surface area contributed by atoms with E-state index in [1.807, 2.05) is 24.3 Å². The minimum atomic E-state index is -0.442. The summed E-state index contributed by atoms with van der Waals surface area (Å²) in [4.78, 5) is 37.6. The number of carbonyl (C=O) groups is 1. The highest BCUT2D eigenvalue weighted by molar-refractivity contribution is 5.98. The Kier molecular flexibility index (Phi) is 4.22. The van der Waals surface area contributed by atoms with Crippen LogP contribution < -0.4 is 5.56 Å². The molecule has 1 aliphatic rings. The minimum absolute atomic E-state index is 0.0703. The van der Waals surface area contributed by atoms with E-state index < -0.39 is 6.10 Å². The van der Waals surface area contributed by atoms with Gasteiger partial charge in [-0.05, 0) is 31.2 Å². The summed E-state index contributed by atoms with van der Waals surface area (Å²) in [5.41, 5.74) is 1.86. The van der Waals surface area contributed by atoms with Gasteiger partial charge in [-0.15, -0.1) is 0 Å². The molecule has 1 aromatic carbocycles. The first-order valence-electron chi connectivity index (χ1n) is 8.44. The van der Waals surface area contributed by atoms with Gasteiger partial charge in [-0.2, -0.15) is 0 Å². The predicted molar refractivity (Wildman–Crippen MR) is 95.9 cm³/mol. The second-order valence-corrected chi connectivity index (χ2v) is 6.29. The number of fused-ring (bicyclic) bond motifs is 1.